The van der Waals surface area contributed by atoms with E-state index in [1.165, 1.54) is 6.33 Å². The van der Waals surface area contributed by atoms with Crippen molar-refractivity contribution in [3.8, 4) is 0 Å². The zero-order valence-electron chi connectivity index (χ0n) is 13.3. The van der Waals surface area contributed by atoms with Crippen molar-refractivity contribution in [1.82, 2.24) is 15.3 Å². The molecule has 0 aliphatic heterocycles. The molecule has 0 saturated carbocycles. The number of benzene rings is 1. The van der Waals surface area contributed by atoms with E-state index < -0.39 is 0 Å². The van der Waals surface area contributed by atoms with Crippen molar-refractivity contribution in [1.29, 1.82) is 0 Å². The van der Waals surface area contributed by atoms with Crippen molar-refractivity contribution in [3.05, 3.63) is 77.6 Å². The Balaban J connectivity index is 1.60. The Bertz CT molecular complexity index is 815. The number of furan rings is 1. The van der Waals surface area contributed by atoms with E-state index >= 15 is 0 Å². The zero-order valence-corrected chi connectivity index (χ0v) is 13.3. The molecule has 0 atom stereocenters. The molecule has 2 aromatic heterocycles. The van der Waals surface area contributed by atoms with Gasteiger partial charge in [-0.15, -0.1) is 0 Å². The highest BCUT2D eigenvalue weighted by molar-refractivity contribution is 5.92. The molecule has 24 heavy (non-hydrogen) atoms. The average molecular weight is 322 g/mol. The van der Waals surface area contributed by atoms with Gasteiger partial charge in [-0.05, 0) is 30.2 Å². The van der Waals surface area contributed by atoms with E-state index in [1.54, 1.807) is 12.3 Å². The van der Waals surface area contributed by atoms with Gasteiger partial charge in [0.05, 0.1) is 12.8 Å². The third kappa shape index (κ3) is 3.98. The molecule has 1 aromatic carbocycles. The lowest BCUT2D eigenvalue weighted by atomic mass is 10.1. The lowest BCUT2D eigenvalue weighted by Gasteiger charge is -2.08. The highest BCUT2D eigenvalue weighted by Gasteiger charge is 2.09. The summed E-state index contributed by atoms with van der Waals surface area (Å²) in [5.41, 5.74) is 2.54. The van der Waals surface area contributed by atoms with Crippen LogP contribution in [-0.2, 0) is 13.1 Å². The molecule has 122 valence electrons. The highest BCUT2D eigenvalue weighted by atomic mass is 16.3. The molecule has 0 radical (unpaired) electrons. The largest absolute Gasteiger partial charge is 0.467 e. The van der Waals surface area contributed by atoms with Crippen LogP contribution in [-0.4, -0.2) is 15.9 Å². The van der Waals surface area contributed by atoms with Crippen LogP contribution in [0.2, 0.25) is 0 Å². The van der Waals surface area contributed by atoms with Crippen LogP contribution in [0, 0.1) is 6.92 Å². The molecule has 2 heterocycles. The van der Waals surface area contributed by atoms with Gasteiger partial charge in [0.2, 0.25) is 0 Å². The average Bonchev–Trinajstić information content (AvgIpc) is 3.13. The van der Waals surface area contributed by atoms with Gasteiger partial charge in [0.1, 0.15) is 23.6 Å². The van der Waals surface area contributed by atoms with Gasteiger partial charge >= 0.3 is 0 Å². The molecular weight excluding hydrogens is 304 g/mol. The van der Waals surface area contributed by atoms with E-state index in [4.69, 9.17) is 4.42 Å². The molecule has 3 aromatic rings. The number of aromatic nitrogens is 2. The van der Waals surface area contributed by atoms with E-state index in [-0.39, 0.29) is 5.91 Å². The van der Waals surface area contributed by atoms with E-state index in [0.29, 0.717) is 24.6 Å². The van der Waals surface area contributed by atoms with E-state index in [9.17, 15) is 4.79 Å². The number of amides is 1. The van der Waals surface area contributed by atoms with Gasteiger partial charge in [-0.3, -0.25) is 4.79 Å². The molecule has 0 aliphatic carbocycles. The van der Waals surface area contributed by atoms with Crippen molar-refractivity contribution in [2.45, 2.75) is 20.0 Å². The number of anilines is 1. The fraction of sp³-hybridized carbons (Fsp3) is 0.167. The number of hydrogen-bond acceptors (Lipinski definition) is 5. The summed E-state index contributed by atoms with van der Waals surface area (Å²) in [5.74, 6) is 1.13. The maximum atomic E-state index is 12.3. The number of carbonyl (C=O) groups is 1. The molecular formula is C18H18N4O2. The van der Waals surface area contributed by atoms with Gasteiger partial charge in [-0.25, -0.2) is 9.97 Å². The van der Waals surface area contributed by atoms with Crippen LogP contribution < -0.4 is 10.6 Å². The van der Waals surface area contributed by atoms with Gasteiger partial charge in [-0.2, -0.15) is 0 Å². The Morgan fingerprint density at radius 1 is 1.12 bits per heavy atom. The van der Waals surface area contributed by atoms with Crippen molar-refractivity contribution in [2.24, 2.45) is 0 Å². The Hall–Kier alpha value is -3.15. The first-order chi connectivity index (χ1) is 11.7. The number of nitrogens with one attached hydrogen (secondary N) is 2. The summed E-state index contributed by atoms with van der Waals surface area (Å²) in [6, 6.07) is 13.2. The number of hydrogen-bond donors (Lipinski definition) is 2. The monoisotopic (exact) mass is 322 g/mol. The number of aryl methyl sites for hydroxylation is 1. The van der Waals surface area contributed by atoms with Crippen LogP contribution in [0.3, 0.4) is 0 Å². The standard InChI is InChI=1S/C18H18N4O2/c1-13-5-2-3-6-14(13)10-20-18(23)16-9-17(22-12-21-16)19-11-15-7-4-8-24-15/h2-9,12H,10-11H2,1H3,(H,20,23)(H,19,21,22). The summed E-state index contributed by atoms with van der Waals surface area (Å²) in [7, 11) is 0. The Labute approximate surface area is 140 Å². The maximum Gasteiger partial charge on any atom is 0.270 e. The number of nitrogens with zero attached hydrogens (tertiary/aromatic N) is 2. The maximum absolute atomic E-state index is 12.3. The Morgan fingerprint density at radius 3 is 2.79 bits per heavy atom. The summed E-state index contributed by atoms with van der Waals surface area (Å²) < 4.78 is 5.25. The fourth-order valence-corrected chi connectivity index (χ4v) is 2.24. The van der Waals surface area contributed by atoms with Crippen molar-refractivity contribution < 1.29 is 9.21 Å². The normalized spacial score (nSPS) is 10.4. The SMILES string of the molecule is Cc1ccccc1CNC(=O)c1cc(NCc2ccco2)ncn1. The summed E-state index contributed by atoms with van der Waals surface area (Å²) in [5, 5.41) is 5.98. The first kappa shape index (κ1) is 15.7. The lowest BCUT2D eigenvalue weighted by Crippen LogP contribution is -2.24. The van der Waals surface area contributed by atoms with Crippen molar-refractivity contribution in [3.63, 3.8) is 0 Å². The summed E-state index contributed by atoms with van der Waals surface area (Å²) in [6.07, 6.45) is 2.98. The van der Waals surface area contributed by atoms with Gasteiger partial charge < -0.3 is 15.1 Å². The molecule has 0 aliphatic rings. The van der Waals surface area contributed by atoms with Gasteiger partial charge in [-0.1, -0.05) is 24.3 Å². The fourth-order valence-electron chi connectivity index (χ4n) is 2.24. The Morgan fingerprint density at radius 2 is 2.00 bits per heavy atom. The van der Waals surface area contributed by atoms with Gasteiger partial charge in [0, 0.05) is 12.6 Å². The second kappa shape index (κ2) is 7.41. The Kier molecular flexibility index (Phi) is 4.86. The molecule has 0 bridgehead atoms. The van der Waals surface area contributed by atoms with Crippen LogP contribution in [0.1, 0.15) is 27.4 Å². The third-order valence-electron chi connectivity index (χ3n) is 3.62. The topological polar surface area (TPSA) is 80.0 Å². The van der Waals surface area contributed by atoms with E-state index in [1.807, 2.05) is 43.3 Å². The summed E-state index contributed by atoms with van der Waals surface area (Å²) in [6.45, 7) is 2.97. The minimum Gasteiger partial charge on any atom is -0.467 e. The van der Waals surface area contributed by atoms with Crippen molar-refractivity contribution >= 4 is 11.7 Å². The van der Waals surface area contributed by atoms with E-state index in [2.05, 4.69) is 20.6 Å². The number of carbonyl (C=O) groups excluding carboxylic acids is 1. The molecule has 3 rings (SSSR count). The van der Waals surface area contributed by atoms with Crippen LogP contribution in [0.5, 0.6) is 0 Å². The molecule has 2 N–H and O–H groups in total. The predicted molar refractivity (Wildman–Crippen MR) is 90.4 cm³/mol. The van der Waals surface area contributed by atoms with Crippen molar-refractivity contribution in [2.75, 3.05) is 5.32 Å². The molecule has 6 nitrogen and oxygen atoms in total. The first-order valence-electron chi connectivity index (χ1n) is 7.63. The molecule has 0 saturated heterocycles. The minimum atomic E-state index is -0.235. The zero-order chi connectivity index (χ0) is 16.8. The molecule has 0 fully saturated rings. The van der Waals surface area contributed by atoms with Gasteiger partial charge in [0.15, 0.2) is 0 Å². The highest BCUT2D eigenvalue weighted by Crippen LogP contribution is 2.09. The molecule has 6 heteroatoms. The van der Waals surface area contributed by atoms with Crippen LogP contribution >= 0.6 is 0 Å². The lowest BCUT2D eigenvalue weighted by molar-refractivity contribution is 0.0945. The third-order valence-corrected chi connectivity index (χ3v) is 3.62. The smallest absolute Gasteiger partial charge is 0.270 e. The minimum absolute atomic E-state index is 0.235. The second-order valence-electron chi connectivity index (χ2n) is 5.33. The molecule has 0 unspecified atom stereocenters. The van der Waals surface area contributed by atoms with Crippen LogP contribution in [0.4, 0.5) is 5.82 Å². The summed E-state index contributed by atoms with van der Waals surface area (Å²) >= 11 is 0. The first-order valence-corrected chi connectivity index (χ1v) is 7.63. The number of rotatable bonds is 6. The quantitative estimate of drug-likeness (QED) is 0.729. The second-order valence-corrected chi connectivity index (χ2v) is 5.33. The van der Waals surface area contributed by atoms with Gasteiger partial charge in [0.25, 0.3) is 5.91 Å². The van der Waals surface area contributed by atoms with Crippen LogP contribution in [0.15, 0.2) is 59.5 Å². The predicted octanol–water partition coefficient (Wildman–Crippen LogP) is 2.92. The summed E-state index contributed by atoms with van der Waals surface area (Å²) in [4.78, 5) is 20.4. The molecule has 1 amide bonds. The van der Waals surface area contributed by atoms with E-state index in [0.717, 1.165) is 16.9 Å². The molecule has 0 spiro atoms. The van der Waals surface area contributed by atoms with Crippen LogP contribution in [0.25, 0.3) is 0 Å².